The molecule has 24 heavy (non-hydrogen) atoms. The third kappa shape index (κ3) is 6.03. The normalized spacial score (nSPS) is 12.9. The SMILES string of the molecule is CCCCCCCN(CCCCCCC)c1cccc2c1CCN2. The average Bonchev–Trinajstić information content (AvgIpc) is 3.08. The molecule has 0 saturated carbocycles. The van der Waals surface area contributed by atoms with Gasteiger partial charge in [0.25, 0.3) is 0 Å². The van der Waals surface area contributed by atoms with E-state index < -0.39 is 0 Å². The van der Waals surface area contributed by atoms with Crippen molar-refractivity contribution in [3.05, 3.63) is 23.8 Å². The minimum absolute atomic E-state index is 1.10. The second-order valence-corrected chi connectivity index (χ2v) is 7.30. The van der Waals surface area contributed by atoms with E-state index in [0.717, 1.165) is 6.54 Å². The summed E-state index contributed by atoms with van der Waals surface area (Å²) in [5, 5.41) is 3.54. The van der Waals surface area contributed by atoms with Crippen molar-refractivity contribution in [2.45, 2.75) is 84.5 Å². The quantitative estimate of drug-likeness (QED) is 0.421. The minimum Gasteiger partial charge on any atom is -0.384 e. The topological polar surface area (TPSA) is 15.3 Å². The number of unbranched alkanes of at least 4 members (excludes halogenated alkanes) is 8. The Morgan fingerprint density at radius 1 is 0.833 bits per heavy atom. The van der Waals surface area contributed by atoms with Crippen LogP contribution in [0.4, 0.5) is 11.4 Å². The Labute approximate surface area is 150 Å². The van der Waals surface area contributed by atoms with Crippen LogP contribution in [-0.4, -0.2) is 19.6 Å². The molecule has 136 valence electrons. The van der Waals surface area contributed by atoms with Gasteiger partial charge in [0.05, 0.1) is 0 Å². The molecule has 2 heteroatoms. The predicted octanol–water partition coefficient (Wildman–Crippen LogP) is 6.40. The van der Waals surface area contributed by atoms with Crippen molar-refractivity contribution in [3.8, 4) is 0 Å². The number of benzene rings is 1. The largest absolute Gasteiger partial charge is 0.384 e. The number of nitrogens with zero attached hydrogens (tertiary/aromatic N) is 1. The molecule has 1 aromatic rings. The van der Waals surface area contributed by atoms with Gasteiger partial charge in [-0.05, 0) is 31.4 Å². The summed E-state index contributed by atoms with van der Waals surface area (Å²) in [4.78, 5) is 2.68. The zero-order valence-corrected chi connectivity index (χ0v) is 16.1. The molecular formula is C22H38N2. The highest BCUT2D eigenvalue weighted by Gasteiger charge is 2.17. The van der Waals surface area contributed by atoms with Crippen LogP contribution in [-0.2, 0) is 6.42 Å². The number of nitrogens with one attached hydrogen (secondary N) is 1. The zero-order chi connectivity index (χ0) is 17.0. The Morgan fingerprint density at radius 2 is 1.46 bits per heavy atom. The van der Waals surface area contributed by atoms with E-state index in [0.29, 0.717) is 0 Å². The van der Waals surface area contributed by atoms with Crippen LogP contribution >= 0.6 is 0 Å². The highest BCUT2D eigenvalue weighted by atomic mass is 15.1. The summed E-state index contributed by atoms with van der Waals surface area (Å²) in [5.74, 6) is 0. The maximum Gasteiger partial charge on any atom is 0.0420 e. The average molecular weight is 331 g/mol. The van der Waals surface area contributed by atoms with Crippen LogP contribution in [0.1, 0.15) is 83.6 Å². The summed E-state index contributed by atoms with van der Waals surface area (Å²) < 4.78 is 0. The van der Waals surface area contributed by atoms with E-state index in [1.165, 1.54) is 95.1 Å². The van der Waals surface area contributed by atoms with Gasteiger partial charge < -0.3 is 10.2 Å². The molecule has 1 aliphatic rings. The van der Waals surface area contributed by atoms with E-state index in [1.807, 2.05) is 0 Å². The van der Waals surface area contributed by atoms with Gasteiger partial charge in [0.1, 0.15) is 0 Å². The van der Waals surface area contributed by atoms with E-state index in [1.54, 1.807) is 5.56 Å². The lowest BCUT2D eigenvalue weighted by Gasteiger charge is -2.27. The van der Waals surface area contributed by atoms with E-state index in [9.17, 15) is 0 Å². The first-order valence-electron chi connectivity index (χ1n) is 10.5. The summed E-state index contributed by atoms with van der Waals surface area (Å²) in [6, 6.07) is 6.82. The van der Waals surface area contributed by atoms with E-state index in [-0.39, 0.29) is 0 Å². The molecule has 0 atom stereocenters. The Kier molecular flexibility index (Phi) is 9.09. The third-order valence-electron chi connectivity index (χ3n) is 5.25. The lowest BCUT2D eigenvalue weighted by molar-refractivity contribution is 0.588. The molecule has 0 saturated heterocycles. The first-order valence-corrected chi connectivity index (χ1v) is 10.5. The van der Waals surface area contributed by atoms with Crippen LogP contribution in [0.5, 0.6) is 0 Å². The molecule has 2 rings (SSSR count). The fourth-order valence-electron chi connectivity index (χ4n) is 3.79. The Morgan fingerprint density at radius 3 is 2.08 bits per heavy atom. The summed E-state index contributed by atoms with van der Waals surface area (Å²) in [6.45, 7) is 8.15. The lowest BCUT2D eigenvalue weighted by atomic mass is 10.1. The summed E-state index contributed by atoms with van der Waals surface area (Å²) in [5.41, 5.74) is 4.43. The van der Waals surface area contributed by atoms with E-state index in [2.05, 4.69) is 42.3 Å². The van der Waals surface area contributed by atoms with Crippen molar-refractivity contribution in [2.24, 2.45) is 0 Å². The van der Waals surface area contributed by atoms with Gasteiger partial charge in [0.2, 0.25) is 0 Å². The molecule has 0 amide bonds. The summed E-state index contributed by atoms with van der Waals surface area (Å²) >= 11 is 0. The monoisotopic (exact) mass is 330 g/mol. The van der Waals surface area contributed by atoms with Gasteiger partial charge in [-0.2, -0.15) is 0 Å². The van der Waals surface area contributed by atoms with E-state index >= 15 is 0 Å². The van der Waals surface area contributed by atoms with Crippen molar-refractivity contribution in [3.63, 3.8) is 0 Å². The van der Waals surface area contributed by atoms with Crippen LogP contribution in [0.15, 0.2) is 18.2 Å². The van der Waals surface area contributed by atoms with Crippen LogP contribution in [0.2, 0.25) is 0 Å². The van der Waals surface area contributed by atoms with Crippen LogP contribution < -0.4 is 10.2 Å². The van der Waals surface area contributed by atoms with Gasteiger partial charge in [0, 0.05) is 36.6 Å². The zero-order valence-electron chi connectivity index (χ0n) is 16.1. The molecule has 0 unspecified atom stereocenters. The molecular weight excluding hydrogens is 292 g/mol. The molecule has 1 aliphatic heterocycles. The molecule has 0 fully saturated rings. The highest BCUT2D eigenvalue weighted by Crippen LogP contribution is 2.32. The van der Waals surface area contributed by atoms with Crippen molar-refractivity contribution in [1.82, 2.24) is 0 Å². The van der Waals surface area contributed by atoms with Crippen molar-refractivity contribution < 1.29 is 0 Å². The second kappa shape index (κ2) is 11.4. The van der Waals surface area contributed by atoms with Gasteiger partial charge in [0.15, 0.2) is 0 Å². The number of fused-ring (bicyclic) bond motifs is 1. The lowest BCUT2D eigenvalue weighted by Crippen LogP contribution is -2.26. The smallest absolute Gasteiger partial charge is 0.0420 e. The Balaban J connectivity index is 1.90. The predicted molar refractivity (Wildman–Crippen MR) is 108 cm³/mol. The van der Waals surface area contributed by atoms with Crippen LogP contribution in [0.3, 0.4) is 0 Å². The number of rotatable bonds is 13. The van der Waals surface area contributed by atoms with Gasteiger partial charge in [-0.15, -0.1) is 0 Å². The molecule has 0 radical (unpaired) electrons. The van der Waals surface area contributed by atoms with Gasteiger partial charge in [-0.3, -0.25) is 0 Å². The third-order valence-corrected chi connectivity index (χ3v) is 5.25. The number of hydrogen-bond donors (Lipinski definition) is 1. The van der Waals surface area contributed by atoms with Crippen molar-refractivity contribution >= 4 is 11.4 Å². The van der Waals surface area contributed by atoms with Crippen molar-refractivity contribution in [2.75, 3.05) is 29.9 Å². The van der Waals surface area contributed by atoms with Crippen molar-refractivity contribution in [1.29, 1.82) is 0 Å². The minimum atomic E-state index is 1.10. The molecule has 0 spiro atoms. The molecule has 1 N–H and O–H groups in total. The van der Waals surface area contributed by atoms with Crippen LogP contribution in [0, 0.1) is 0 Å². The molecule has 1 heterocycles. The first-order chi connectivity index (χ1) is 11.9. The van der Waals surface area contributed by atoms with E-state index in [4.69, 9.17) is 0 Å². The fraction of sp³-hybridized carbons (Fsp3) is 0.727. The molecule has 2 nitrogen and oxygen atoms in total. The first kappa shape index (κ1) is 19.1. The number of anilines is 2. The maximum absolute atomic E-state index is 3.54. The van der Waals surface area contributed by atoms with Gasteiger partial charge in [-0.25, -0.2) is 0 Å². The Hall–Kier alpha value is -1.18. The fourth-order valence-corrected chi connectivity index (χ4v) is 3.79. The maximum atomic E-state index is 3.54. The molecule has 0 aromatic heterocycles. The number of hydrogen-bond acceptors (Lipinski definition) is 2. The Bertz CT molecular complexity index is 441. The highest BCUT2D eigenvalue weighted by molar-refractivity contribution is 5.69. The molecule has 1 aromatic carbocycles. The van der Waals surface area contributed by atoms with Crippen LogP contribution in [0.25, 0.3) is 0 Å². The van der Waals surface area contributed by atoms with Gasteiger partial charge in [-0.1, -0.05) is 71.3 Å². The van der Waals surface area contributed by atoms with Gasteiger partial charge >= 0.3 is 0 Å². The summed E-state index contributed by atoms with van der Waals surface area (Å²) in [6.07, 6.45) is 14.9. The second-order valence-electron chi connectivity index (χ2n) is 7.30. The molecule has 0 aliphatic carbocycles. The molecule has 0 bridgehead atoms. The standard InChI is InChI=1S/C22H38N2/c1-3-5-7-9-11-18-24(19-12-10-8-6-4-2)22-15-13-14-21-20(22)16-17-23-21/h13-15,23H,3-12,16-19H2,1-2H3. The summed E-state index contributed by atoms with van der Waals surface area (Å²) in [7, 11) is 0.